The Hall–Kier alpha value is -3.55. The maximum Gasteiger partial charge on any atom is 0.402 e. The third kappa shape index (κ3) is 5.85. The minimum atomic E-state index is -1.82. The fourth-order valence-electron chi connectivity index (χ4n) is 4.80. The number of aliphatic hydroxyl groups is 8. The maximum atomic E-state index is 10.6. The molecule has 0 saturated carbocycles. The Morgan fingerprint density at radius 2 is 1.19 bits per heavy atom. The van der Waals surface area contributed by atoms with Crippen molar-refractivity contribution in [3.8, 4) is 40.1 Å². The van der Waals surface area contributed by atoms with E-state index >= 15 is 0 Å². The van der Waals surface area contributed by atoms with Crippen LogP contribution in [0.4, 0.5) is 0 Å². The van der Waals surface area contributed by atoms with Crippen LogP contribution in [0.15, 0.2) is 40.8 Å². The zero-order valence-electron chi connectivity index (χ0n) is 22.1. The number of aliphatic hydroxyl groups excluding tert-OH is 8. The van der Waals surface area contributed by atoms with Gasteiger partial charge in [0.15, 0.2) is 11.5 Å². The first-order valence-corrected chi connectivity index (χ1v) is 13.0. The molecule has 3 heterocycles. The van der Waals surface area contributed by atoms with Gasteiger partial charge in [0.25, 0.3) is 0 Å². The second kappa shape index (κ2) is 12.2. The zero-order chi connectivity index (χ0) is 31.2. The molecule has 234 valence electrons. The standard InChI is InChI=1S/C27H30O16/c28-7-17-19(33)21(35)23(37)26(42-17)40-15-5-10(30)4-14-11(15)6-16(25(39-14)9-1-2-12(31)13(32)3-9)41-27-24(38)22(36)20(34)18(8-29)43-27/h1-6,17-24,26-29,33-38H,7-8H2,(H2-,30,31,32)/p+1/t17?,18?,19-,20+,21+,22?,23?,24?,26-,27-/m1/s1. The summed E-state index contributed by atoms with van der Waals surface area (Å²) < 4.78 is 28.4. The van der Waals surface area contributed by atoms with Gasteiger partial charge in [-0.3, -0.25) is 0 Å². The Labute approximate surface area is 242 Å². The largest absolute Gasteiger partial charge is 0.507 e. The quantitative estimate of drug-likeness (QED) is 0.100. The number of benzene rings is 2. The van der Waals surface area contributed by atoms with Gasteiger partial charge in [-0.25, -0.2) is 4.42 Å². The Balaban J connectivity index is 1.61. The molecule has 0 bridgehead atoms. The second-order valence-corrected chi connectivity index (χ2v) is 10.1. The van der Waals surface area contributed by atoms with Crippen LogP contribution in [0.3, 0.4) is 0 Å². The number of rotatable bonds is 7. The molecule has 16 heteroatoms. The molecule has 2 saturated heterocycles. The molecule has 43 heavy (non-hydrogen) atoms. The molecule has 1 aromatic heterocycles. The topological polar surface area (TPSA) is 271 Å². The average Bonchev–Trinajstić information content (AvgIpc) is 2.98. The highest BCUT2D eigenvalue weighted by atomic mass is 16.7. The van der Waals surface area contributed by atoms with Crippen molar-refractivity contribution >= 4 is 11.0 Å². The third-order valence-electron chi connectivity index (χ3n) is 7.22. The molecule has 0 aliphatic carbocycles. The first-order valence-electron chi connectivity index (χ1n) is 13.0. The first-order chi connectivity index (χ1) is 20.4. The van der Waals surface area contributed by atoms with Gasteiger partial charge < -0.3 is 75.1 Å². The number of phenols is 3. The van der Waals surface area contributed by atoms with Crippen LogP contribution in [-0.4, -0.2) is 131 Å². The van der Waals surface area contributed by atoms with E-state index in [-0.39, 0.29) is 33.8 Å². The predicted molar refractivity (Wildman–Crippen MR) is 140 cm³/mol. The van der Waals surface area contributed by atoms with Crippen LogP contribution in [0.25, 0.3) is 22.3 Å². The second-order valence-electron chi connectivity index (χ2n) is 10.1. The van der Waals surface area contributed by atoms with Crippen LogP contribution in [0, 0.1) is 0 Å². The van der Waals surface area contributed by atoms with Gasteiger partial charge in [-0.1, -0.05) is 0 Å². The molecule has 3 aromatic rings. The summed E-state index contributed by atoms with van der Waals surface area (Å²) in [5.41, 5.74) is 0.0554. The fraction of sp³-hybridized carbons (Fsp3) is 0.444. The van der Waals surface area contributed by atoms with Gasteiger partial charge in [-0.2, -0.15) is 0 Å². The van der Waals surface area contributed by atoms with Crippen LogP contribution in [0.1, 0.15) is 0 Å². The molecule has 11 N–H and O–H groups in total. The van der Waals surface area contributed by atoms with E-state index in [0.717, 1.165) is 18.2 Å². The smallest absolute Gasteiger partial charge is 0.402 e. The molecule has 0 amide bonds. The SMILES string of the molecule is OCC1O[C@@H](Oc2cc3c(O[C@@H]4OC(CO)[C@@H](O)[C@H](O)C4O)cc(O)cc3[o+]c2-c2ccc(O)c(O)c2)C(O)C(O)[C@H]1O. The highest BCUT2D eigenvalue weighted by Gasteiger charge is 2.47. The molecule has 2 aliphatic heterocycles. The average molecular weight is 612 g/mol. The summed E-state index contributed by atoms with van der Waals surface area (Å²) in [4.78, 5) is 0. The molecule has 0 spiro atoms. The first kappa shape index (κ1) is 30.9. The van der Waals surface area contributed by atoms with Crippen molar-refractivity contribution in [2.24, 2.45) is 0 Å². The summed E-state index contributed by atoms with van der Waals surface area (Å²) in [7, 11) is 0. The maximum absolute atomic E-state index is 10.6. The lowest BCUT2D eigenvalue weighted by molar-refractivity contribution is -0.277. The summed E-state index contributed by atoms with van der Waals surface area (Å²) >= 11 is 0. The van der Waals surface area contributed by atoms with Crippen molar-refractivity contribution in [3.63, 3.8) is 0 Å². The molecule has 2 aromatic carbocycles. The molecule has 16 nitrogen and oxygen atoms in total. The van der Waals surface area contributed by atoms with Crippen molar-refractivity contribution in [1.29, 1.82) is 0 Å². The minimum Gasteiger partial charge on any atom is -0.507 e. The van der Waals surface area contributed by atoms with E-state index in [1.165, 1.54) is 18.2 Å². The van der Waals surface area contributed by atoms with Crippen molar-refractivity contribution in [2.75, 3.05) is 13.2 Å². The lowest BCUT2D eigenvalue weighted by atomic mass is 9.99. The molecule has 5 rings (SSSR count). The van der Waals surface area contributed by atoms with E-state index in [1.54, 1.807) is 0 Å². The van der Waals surface area contributed by atoms with Gasteiger partial charge >= 0.3 is 11.3 Å². The summed E-state index contributed by atoms with van der Waals surface area (Å²) in [5, 5.41) is 111. The van der Waals surface area contributed by atoms with Crippen molar-refractivity contribution in [2.45, 2.75) is 61.4 Å². The van der Waals surface area contributed by atoms with E-state index < -0.39 is 91.9 Å². The molecule has 10 atom stereocenters. The van der Waals surface area contributed by atoms with E-state index in [2.05, 4.69) is 0 Å². The fourth-order valence-corrected chi connectivity index (χ4v) is 4.80. The Morgan fingerprint density at radius 3 is 1.72 bits per heavy atom. The number of ether oxygens (including phenoxy) is 4. The number of phenolic OH excluding ortho intramolecular Hbond substituents is 3. The molecular formula is C27H31O16+. The molecule has 0 radical (unpaired) electrons. The molecular weight excluding hydrogens is 580 g/mol. The van der Waals surface area contributed by atoms with Gasteiger partial charge in [0.1, 0.15) is 65.7 Å². The summed E-state index contributed by atoms with van der Waals surface area (Å²) in [6.45, 7) is -1.46. The Morgan fingerprint density at radius 1 is 0.628 bits per heavy atom. The van der Waals surface area contributed by atoms with Gasteiger partial charge in [-0.15, -0.1) is 0 Å². The Kier molecular flexibility index (Phi) is 8.77. The monoisotopic (exact) mass is 611 g/mol. The van der Waals surface area contributed by atoms with Crippen molar-refractivity contribution < 1.29 is 79.5 Å². The highest BCUT2D eigenvalue weighted by molar-refractivity contribution is 5.89. The minimum absolute atomic E-state index is 0.0427. The summed E-state index contributed by atoms with van der Waals surface area (Å²) in [6.07, 6.45) is -16.4. The third-order valence-corrected chi connectivity index (χ3v) is 7.22. The van der Waals surface area contributed by atoms with Crippen LogP contribution in [0.5, 0.6) is 28.7 Å². The van der Waals surface area contributed by atoms with Gasteiger partial charge in [0.2, 0.25) is 18.3 Å². The van der Waals surface area contributed by atoms with Gasteiger partial charge in [-0.05, 0) is 12.1 Å². The van der Waals surface area contributed by atoms with Crippen LogP contribution >= 0.6 is 0 Å². The lowest BCUT2D eigenvalue weighted by Gasteiger charge is -2.39. The zero-order valence-corrected chi connectivity index (χ0v) is 22.1. The van der Waals surface area contributed by atoms with Crippen molar-refractivity contribution in [1.82, 2.24) is 0 Å². The molecule has 5 unspecified atom stereocenters. The lowest BCUT2D eigenvalue weighted by Crippen LogP contribution is -2.60. The number of hydrogen-bond donors (Lipinski definition) is 11. The van der Waals surface area contributed by atoms with E-state index in [1.807, 2.05) is 0 Å². The van der Waals surface area contributed by atoms with Gasteiger partial charge in [0.05, 0.1) is 24.8 Å². The number of fused-ring (bicyclic) bond motifs is 1. The summed E-state index contributed by atoms with van der Waals surface area (Å²) in [5.74, 6) is -1.96. The highest BCUT2D eigenvalue weighted by Crippen LogP contribution is 2.43. The number of hydrogen-bond acceptors (Lipinski definition) is 15. The van der Waals surface area contributed by atoms with Crippen LogP contribution in [0.2, 0.25) is 0 Å². The van der Waals surface area contributed by atoms with E-state index in [0.29, 0.717) is 0 Å². The van der Waals surface area contributed by atoms with E-state index in [4.69, 9.17) is 23.4 Å². The molecule has 2 aliphatic rings. The normalized spacial score (nSPS) is 32.9. The number of aromatic hydroxyl groups is 3. The Bertz CT molecular complexity index is 1450. The molecule has 2 fully saturated rings. The summed E-state index contributed by atoms with van der Waals surface area (Å²) in [6, 6.07) is 7.17. The van der Waals surface area contributed by atoms with Gasteiger partial charge in [0, 0.05) is 18.2 Å². The van der Waals surface area contributed by atoms with E-state index in [9.17, 15) is 56.2 Å². The van der Waals surface area contributed by atoms with Crippen molar-refractivity contribution in [3.05, 3.63) is 36.4 Å². The van der Waals surface area contributed by atoms with Crippen LogP contribution < -0.4 is 9.47 Å². The van der Waals surface area contributed by atoms with Crippen LogP contribution in [-0.2, 0) is 9.47 Å². The predicted octanol–water partition coefficient (Wildman–Crippen LogP) is -2.14.